The van der Waals surface area contributed by atoms with Crippen LogP contribution in [0.5, 0.6) is 5.75 Å². The fourth-order valence-electron chi connectivity index (χ4n) is 1.21. The van der Waals surface area contributed by atoms with Crippen LogP contribution in [0.4, 0.5) is 5.69 Å². The van der Waals surface area contributed by atoms with Crippen LogP contribution in [0.15, 0.2) is 23.1 Å². The Morgan fingerprint density at radius 2 is 2.20 bits per heavy atom. The van der Waals surface area contributed by atoms with Gasteiger partial charge in [-0.2, -0.15) is 0 Å². The minimum atomic E-state index is -2.38. The first-order valence-corrected chi connectivity index (χ1v) is 4.91. The molecule has 5 nitrogen and oxygen atoms in total. The Bertz CT molecular complexity index is 423. The number of hydrogen-bond donors (Lipinski definition) is 1. The van der Waals surface area contributed by atoms with Crippen molar-refractivity contribution in [2.45, 2.75) is 4.90 Å². The summed E-state index contributed by atoms with van der Waals surface area (Å²) < 4.78 is 26.6. The van der Waals surface area contributed by atoms with E-state index in [-0.39, 0.29) is 52.7 Å². The predicted molar refractivity (Wildman–Crippen MR) is 47.8 cm³/mol. The minimum absolute atomic E-state index is 0. The van der Waals surface area contributed by atoms with E-state index in [1.807, 2.05) is 0 Å². The number of hydrogen-bond acceptors (Lipinski definition) is 4. The second kappa shape index (κ2) is 5.09. The topological polar surface area (TPSA) is 78.5 Å². The molecule has 0 aromatic heterocycles. The molecule has 7 heteroatoms. The van der Waals surface area contributed by atoms with E-state index in [9.17, 15) is 13.6 Å². The van der Waals surface area contributed by atoms with Gasteiger partial charge in [0.1, 0.15) is 5.75 Å². The van der Waals surface area contributed by atoms with Crippen LogP contribution < -0.4 is 39.6 Å². The van der Waals surface area contributed by atoms with E-state index in [4.69, 9.17) is 4.74 Å². The molecule has 2 rings (SSSR count). The van der Waals surface area contributed by atoms with Gasteiger partial charge in [-0.1, -0.05) is 6.07 Å². The number of para-hydroxylation sites is 1. The van der Waals surface area contributed by atoms with Crippen molar-refractivity contribution in [2.24, 2.45) is 0 Å². The summed E-state index contributed by atoms with van der Waals surface area (Å²) in [4.78, 5) is 11.0. The van der Waals surface area contributed by atoms with Crippen LogP contribution in [-0.4, -0.2) is 21.3 Å². The zero-order valence-electron chi connectivity index (χ0n) is 7.98. The molecular formula is C8H6NNaO4S. The maximum atomic E-state index is 11.0. The molecule has 0 spiro atoms. The van der Waals surface area contributed by atoms with E-state index in [0.717, 1.165) is 0 Å². The first-order chi connectivity index (χ1) is 6.68. The van der Waals surface area contributed by atoms with Gasteiger partial charge in [-0.3, -0.25) is 9.00 Å². The average molecular weight is 235 g/mol. The number of rotatable bonds is 1. The molecule has 0 bridgehead atoms. The number of nitrogens with one attached hydrogen (secondary N) is 1. The first-order valence-electron chi connectivity index (χ1n) is 3.83. The Morgan fingerprint density at radius 1 is 1.47 bits per heavy atom. The molecule has 1 aromatic carbocycles. The molecule has 0 saturated carbocycles. The van der Waals surface area contributed by atoms with Crippen molar-refractivity contribution in [1.29, 1.82) is 0 Å². The summed E-state index contributed by atoms with van der Waals surface area (Å²) >= 11 is -2.38. The molecule has 1 amide bonds. The monoisotopic (exact) mass is 235 g/mol. The summed E-state index contributed by atoms with van der Waals surface area (Å²) in [6.07, 6.45) is 0. The molecule has 0 saturated heterocycles. The fourth-order valence-corrected chi connectivity index (χ4v) is 1.72. The third-order valence-electron chi connectivity index (χ3n) is 1.79. The van der Waals surface area contributed by atoms with Gasteiger partial charge in [-0.05, 0) is 23.2 Å². The Balaban J connectivity index is 0.00000112. The summed E-state index contributed by atoms with van der Waals surface area (Å²) in [6, 6.07) is 4.56. The van der Waals surface area contributed by atoms with E-state index in [1.165, 1.54) is 6.07 Å². The molecular weight excluding hydrogens is 229 g/mol. The van der Waals surface area contributed by atoms with Crippen LogP contribution in [-0.2, 0) is 15.9 Å². The molecule has 0 radical (unpaired) electrons. The number of ether oxygens (including phenoxy) is 1. The summed E-state index contributed by atoms with van der Waals surface area (Å²) in [5.74, 6) is 0.0294. The molecule has 1 heterocycles. The summed E-state index contributed by atoms with van der Waals surface area (Å²) in [7, 11) is 0. The summed E-state index contributed by atoms with van der Waals surface area (Å²) in [5.41, 5.74) is 0.220. The van der Waals surface area contributed by atoms with Crippen molar-refractivity contribution in [1.82, 2.24) is 0 Å². The van der Waals surface area contributed by atoms with Gasteiger partial charge in [0.2, 0.25) is 0 Å². The van der Waals surface area contributed by atoms with Gasteiger partial charge in [0.15, 0.2) is 6.61 Å². The molecule has 1 atom stereocenters. The molecule has 1 aliphatic heterocycles. The first kappa shape index (κ1) is 12.7. The Morgan fingerprint density at radius 3 is 2.87 bits per heavy atom. The normalized spacial score (nSPS) is 15.4. The van der Waals surface area contributed by atoms with Crippen molar-refractivity contribution >= 4 is 22.7 Å². The predicted octanol–water partition coefficient (Wildman–Crippen LogP) is -2.74. The maximum absolute atomic E-state index is 11.0. The Labute approximate surface area is 111 Å². The van der Waals surface area contributed by atoms with Gasteiger partial charge >= 0.3 is 29.6 Å². The number of amides is 1. The van der Waals surface area contributed by atoms with Gasteiger partial charge < -0.3 is 14.6 Å². The number of carbonyl (C=O) groups excluding carboxylic acids is 1. The Kier molecular flexibility index (Phi) is 4.30. The van der Waals surface area contributed by atoms with Crippen molar-refractivity contribution in [2.75, 3.05) is 11.9 Å². The van der Waals surface area contributed by atoms with Crippen LogP contribution in [0.2, 0.25) is 0 Å². The third-order valence-corrected chi connectivity index (χ3v) is 2.49. The van der Waals surface area contributed by atoms with E-state index >= 15 is 0 Å². The third kappa shape index (κ3) is 2.59. The largest absolute Gasteiger partial charge is 1.00 e. The summed E-state index contributed by atoms with van der Waals surface area (Å²) in [6.45, 7) is -0.0814. The number of anilines is 1. The molecule has 1 aromatic rings. The molecule has 1 unspecified atom stereocenters. The van der Waals surface area contributed by atoms with E-state index in [2.05, 4.69) is 5.32 Å². The quantitative estimate of drug-likeness (QED) is 0.423. The van der Waals surface area contributed by atoms with Crippen molar-refractivity contribution in [3.8, 4) is 5.75 Å². The number of fused-ring (bicyclic) bond motifs is 1. The standard InChI is InChI=1S/C8H7NO4S.Na/c10-7-4-13-5-2-1-3-6(14(11)12)8(5)9-7;/h1-3H,4H2,(H,9,10)(H,11,12);/q;+1/p-1. The number of carbonyl (C=O) groups is 1. The SMILES string of the molecule is O=C1COc2cccc(S(=O)[O-])c2N1.[Na+]. The van der Waals surface area contributed by atoms with Crippen LogP contribution in [0.25, 0.3) is 0 Å². The Hall–Kier alpha value is -0.400. The van der Waals surface area contributed by atoms with Gasteiger partial charge in [-0.25, -0.2) is 0 Å². The van der Waals surface area contributed by atoms with E-state index < -0.39 is 11.1 Å². The molecule has 0 fully saturated rings. The van der Waals surface area contributed by atoms with Crippen LogP contribution in [0, 0.1) is 0 Å². The maximum Gasteiger partial charge on any atom is 1.00 e. The van der Waals surface area contributed by atoms with Crippen LogP contribution in [0.3, 0.4) is 0 Å². The van der Waals surface area contributed by atoms with Gasteiger partial charge in [-0.15, -0.1) is 0 Å². The second-order valence-electron chi connectivity index (χ2n) is 2.70. The van der Waals surface area contributed by atoms with Gasteiger partial charge in [0.25, 0.3) is 5.91 Å². The second-order valence-corrected chi connectivity index (χ2v) is 3.61. The molecule has 74 valence electrons. The molecule has 15 heavy (non-hydrogen) atoms. The van der Waals surface area contributed by atoms with Gasteiger partial charge in [0.05, 0.1) is 10.6 Å². The van der Waals surface area contributed by atoms with Crippen molar-refractivity contribution < 1.29 is 47.9 Å². The molecule has 1 aliphatic rings. The zero-order chi connectivity index (χ0) is 10.1. The zero-order valence-corrected chi connectivity index (χ0v) is 10.8. The van der Waals surface area contributed by atoms with E-state index in [1.54, 1.807) is 12.1 Å². The average Bonchev–Trinajstić information content (AvgIpc) is 2.16. The molecule has 1 N–H and O–H groups in total. The minimum Gasteiger partial charge on any atom is -0.768 e. The van der Waals surface area contributed by atoms with Crippen molar-refractivity contribution in [3.63, 3.8) is 0 Å². The smallest absolute Gasteiger partial charge is 0.768 e. The fraction of sp³-hybridized carbons (Fsp3) is 0.125. The van der Waals surface area contributed by atoms with Crippen molar-refractivity contribution in [3.05, 3.63) is 18.2 Å². The van der Waals surface area contributed by atoms with Crippen LogP contribution in [0.1, 0.15) is 0 Å². The van der Waals surface area contributed by atoms with E-state index in [0.29, 0.717) is 5.75 Å². The molecule has 0 aliphatic carbocycles. The number of benzene rings is 1. The van der Waals surface area contributed by atoms with Crippen LogP contribution >= 0.6 is 0 Å². The van der Waals surface area contributed by atoms with Gasteiger partial charge in [0, 0.05) is 0 Å². The summed E-state index contributed by atoms with van der Waals surface area (Å²) in [5, 5.41) is 2.45.